The van der Waals surface area contributed by atoms with Crippen molar-refractivity contribution in [2.24, 2.45) is 0 Å². The molecule has 1 aromatic carbocycles. The van der Waals surface area contributed by atoms with Gasteiger partial charge in [0.15, 0.2) is 0 Å². The average Bonchev–Trinajstić information content (AvgIpc) is 2.53. The monoisotopic (exact) mass is 381 g/mol. The molecule has 2 rings (SSSR count). The highest BCUT2D eigenvalue weighted by Crippen LogP contribution is 2.33. The molecule has 2 atom stereocenters. The lowest BCUT2D eigenvalue weighted by Crippen LogP contribution is -2.49. The molecule has 0 radical (unpaired) electrons. The molecule has 1 N–H and O–H groups in total. The summed E-state index contributed by atoms with van der Waals surface area (Å²) in [5.74, 6) is -0.909. The van der Waals surface area contributed by atoms with Crippen LogP contribution >= 0.6 is 15.9 Å². The maximum absolute atomic E-state index is 12.4. The van der Waals surface area contributed by atoms with Crippen molar-refractivity contribution in [3.8, 4) is 0 Å². The Bertz CT molecular complexity index is 601. The number of aliphatic carboxylic acids is 1. The Balaban J connectivity index is 2.08. The van der Waals surface area contributed by atoms with Crippen molar-refractivity contribution in [3.63, 3.8) is 0 Å². The third-order valence-electron chi connectivity index (χ3n) is 4.25. The minimum atomic E-state index is -0.909. The minimum Gasteiger partial charge on any atom is -0.481 e. The topological polar surface area (TPSA) is 66.8 Å². The van der Waals surface area contributed by atoms with Gasteiger partial charge in [-0.05, 0) is 30.7 Å². The number of hydrogen-bond acceptors (Lipinski definition) is 3. The molecule has 0 aromatic heterocycles. The number of ether oxygens (including phenoxy) is 1. The van der Waals surface area contributed by atoms with E-state index in [1.807, 2.05) is 31.2 Å². The zero-order chi connectivity index (χ0) is 17.0. The van der Waals surface area contributed by atoms with Crippen LogP contribution in [0.25, 0.3) is 0 Å². The zero-order valence-corrected chi connectivity index (χ0v) is 14.6. The maximum Gasteiger partial charge on any atom is 0.411 e. The normalized spacial score (nSPS) is 22.3. The van der Waals surface area contributed by atoms with Crippen LogP contribution in [0.5, 0.6) is 0 Å². The number of benzene rings is 1. The largest absolute Gasteiger partial charge is 0.481 e. The second kappa shape index (κ2) is 7.17. The Morgan fingerprint density at radius 3 is 2.70 bits per heavy atom. The van der Waals surface area contributed by atoms with Gasteiger partial charge in [0, 0.05) is 30.3 Å². The van der Waals surface area contributed by atoms with Crippen molar-refractivity contribution in [2.75, 3.05) is 6.54 Å². The highest BCUT2D eigenvalue weighted by atomic mass is 79.9. The molecule has 1 aliphatic heterocycles. The van der Waals surface area contributed by atoms with Gasteiger partial charge in [0.25, 0.3) is 0 Å². The Morgan fingerprint density at radius 2 is 2.17 bits per heavy atom. The molecule has 0 bridgehead atoms. The summed E-state index contributed by atoms with van der Waals surface area (Å²) in [5.41, 5.74) is 0.132. The van der Waals surface area contributed by atoms with Gasteiger partial charge in [0.2, 0.25) is 0 Å². The molecule has 1 aliphatic rings. The highest BCUT2D eigenvalue weighted by Gasteiger charge is 2.40. The van der Waals surface area contributed by atoms with Crippen molar-refractivity contribution in [1.29, 1.82) is 0 Å². The van der Waals surface area contributed by atoms with Gasteiger partial charge in [-0.1, -0.05) is 34.6 Å². The molecule has 1 heterocycles. The van der Waals surface area contributed by atoms with E-state index >= 15 is 0 Å². The summed E-state index contributed by atoms with van der Waals surface area (Å²) < 4.78 is 6.53. The van der Waals surface area contributed by atoms with E-state index in [0.717, 1.165) is 10.0 Å². The fourth-order valence-corrected chi connectivity index (χ4v) is 2.96. The number of carboxylic acid groups (broad SMARTS) is 1. The maximum atomic E-state index is 12.4. The van der Waals surface area contributed by atoms with E-state index in [4.69, 9.17) is 9.84 Å². The van der Waals surface area contributed by atoms with Crippen LogP contribution in [0.3, 0.4) is 0 Å². The quantitative estimate of drug-likeness (QED) is 0.751. The van der Waals surface area contributed by atoms with Crippen molar-refractivity contribution < 1.29 is 19.4 Å². The third kappa shape index (κ3) is 4.13. The first-order chi connectivity index (χ1) is 10.9. The van der Waals surface area contributed by atoms with Gasteiger partial charge >= 0.3 is 12.1 Å². The molecular formula is C17H20BrNO4. The first-order valence-electron chi connectivity index (χ1n) is 7.47. The van der Waals surface area contributed by atoms with Crippen molar-refractivity contribution in [3.05, 3.63) is 47.0 Å². The summed E-state index contributed by atoms with van der Waals surface area (Å²) in [6.07, 6.45) is 1.85. The van der Waals surface area contributed by atoms with Crippen molar-refractivity contribution >= 4 is 28.0 Å². The summed E-state index contributed by atoms with van der Waals surface area (Å²) in [6.45, 7) is 6.16. The van der Waals surface area contributed by atoms with Crippen LogP contribution in [0.15, 0.2) is 41.4 Å². The van der Waals surface area contributed by atoms with E-state index in [1.54, 1.807) is 11.0 Å². The lowest BCUT2D eigenvalue weighted by molar-refractivity contribution is -0.138. The van der Waals surface area contributed by atoms with Crippen LogP contribution < -0.4 is 0 Å². The number of cyclic esters (lactones) is 1. The van der Waals surface area contributed by atoms with Crippen molar-refractivity contribution in [1.82, 2.24) is 4.90 Å². The van der Waals surface area contributed by atoms with Crippen LogP contribution in [0.1, 0.15) is 37.8 Å². The molecule has 0 unspecified atom stereocenters. The fraction of sp³-hybridized carbons (Fsp3) is 0.412. The third-order valence-corrected chi connectivity index (χ3v) is 4.78. The van der Waals surface area contributed by atoms with Crippen molar-refractivity contribution in [2.45, 2.75) is 37.8 Å². The number of amides is 1. The number of rotatable bonds is 6. The highest BCUT2D eigenvalue weighted by molar-refractivity contribution is 9.10. The number of carboxylic acids is 1. The van der Waals surface area contributed by atoms with E-state index in [0.29, 0.717) is 13.0 Å². The second-order valence-corrected chi connectivity index (χ2v) is 6.62. The van der Waals surface area contributed by atoms with Gasteiger partial charge in [-0.25, -0.2) is 4.79 Å². The molecule has 23 heavy (non-hydrogen) atoms. The Kier molecular flexibility index (Phi) is 5.46. The van der Waals surface area contributed by atoms with E-state index in [2.05, 4.69) is 22.5 Å². The molecule has 6 heteroatoms. The molecule has 0 saturated carbocycles. The van der Waals surface area contributed by atoms with Crippen LogP contribution in [0.2, 0.25) is 0 Å². The fourth-order valence-electron chi connectivity index (χ4n) is 2.70. The number of nitrogens with zero attached hydrogens (tertiary/aromatic N) is 1. The lowest BCUT2D eigenvalue weighted by atomic mass is 9.91. The average molecular weight is 382 g/mol. The second-order valence-electron chi connectivity index (χ2n) is 5.70. The van der Waals surface area contributed by atoms with Gasteiger partial charge in [-0.3, -0.25) is 4.79 Å². The van der Waals surface area contributed by atoms with Gasteiger partial charge in [-0.2, -0.15) is 0 Å². The first-order valence-corrected chi connectivity index (χ1v) is 8.27. The van der Waals surface area contributed by atoms with Crippen LogP contribution in [0.4, 0.5) is 4.79 Å². The molecule has 0 aliphatic carbocycles. The molecule has 1 amide bonds. The standard InChI is InChI=1S/C17H20BrNO4/c1-3-17(9-8-15(20)21)10-11-19(16(22)23-17)12(2)13-4-6-14(18)7-5-13/h3-7,12H,1,8-11H2,2H3,(H,20,21)/t12-,17+/m0/s1. The van der Waals surface area contributed by atoms with E-state index in [1.165, 1.54) is 0 Å². The predicted molar refractivity (Wildman–Crippen MR) is 90.2 cm³/mol. The van der Waals surface area contributed by atoms with Crippen LogP contribution in [-0.4, -0.2) is 34.2 Å². The summed E-state index contributed by atoms with van der Waals surface area (Å²) in [6, 6.07) is 7.67. The summed E-state index contributed by atoms with van der Waals surface area (Å²) in [7, 11) is 0. The first kappa shape index (κ1) is 17.5. The summed E-state index contributed by atoms with van der Waals surface area (Å²) in [5, 5.41) is 8.84. The molecule has 5 nitrogen and oxygen atoms in total. The molecule has 0 spiro atoms. The SMILES string of the molecule is C=C[C@@]1(CCC(=O)O)CCN([C@@H](C)c2ccc(Br)cc2)C(=O)O1. The molecule has 1 fully saturated rings. The van der Waals surface area contributed by atoms with E-state index < -0.39 is 17.7 Å². The van der Waals surface area contributed by atoms with Crippen LogP contribution in [0, 0.1) is 0 Å². The lowest BCUT2D eigenvalue weighted by Gasteiger charge is -2.41. The predicted octanol–water partition coefficient (Wildman–Crippen LogP) is 4.14. The minimum absolute atomic E-state index is 0.0540. The summed E-state index contributed by atoms with van der Waals surface area (Å²) in [4.78, 5) is 24.8. The van der Waals surface area contributed by atoms with Crippen LogP contribution in [-0.2, 0) is 9.53 Å². The number of hydrogen-bond donors (Lipinski definition) is 1. The van der Waals surface area contributed by atoms with E-state index in [-0.39, 0.29) is 18.9 Å². The number of carbonyl (C=O) groups is 2. The van der Waals surface area contributed by atoms with Gasteiger partial charge in [0.05, 0.1) is 6.04 Å². The van der Waals surface area contributed by atoms with E-state index in [9.17, 15) is 9.59 Å². The Morgan fingerprint density at radius 1 is 1.52 bits per heavy atom. The number of carbonyl (C=O) groups excluding carboxylic acids is 1. The molecule has 124 valence electrons. The molecular weight excluding hydrogens is 362 g/mol. The Hall–Kier alpha value is -1.82. The molecule has 1 saturated heterocycles. The number of halogens is 1. The Labute approximate surface area is 144 Å². The summed E-state index contributed by atoms with van der Waals surface area (Å²) >= 11 is 3.39. The van der Waals surface area contributed by atoms with Gasteiger partial charge in [-0.15, -0.1) is 0 Å². The van der Waals surface area contributed by atoms with Gasteiger partial charge in [0.1, 0.15) is 5.60 Å². The van der Waals surface area contributed by atoms with Gasteiger partial charge < -0.3 is 14.7 Å². The molecule has 1 aromatic rings. The smallest absolute Gasteiger partial charge is 0.411 e. The zero-order valence-electron chi connectivity index (χ0n) is 13.0.